The number of amides is 2. The number of rotatable bonds is 5. The first kappa shape index (κ1) is 23.4. The van der Waals surface area contributed by atoms with Crippen molar-refractivity contribution in [3.63, 3.8) is 0 Å². The van der Waals surface area contributed by atoms with Gasteiger partial charge in [-0.15, -0.1) is 10.2 Å². The third-order valence-corrected chi connectivity index (χ3v) is 7.02. The van der Waals surface area contributed by atoms with Crippen LogP contribution in [0, 0.1) is 0 Å². The maximum Gasteiger partial charge on any atom is 0.410 e. The number of hydrogen-bond donors (Lipinski definition) is 1. The molecule has 0 aliphatic carbocycles. The standard InChI is InChI=1S/C26H28N6O5/c1-35-21-13-16-7-10-31(26(34)37-18-8-11-36-15-18)14-17(16)12-19(21)25(33)28-22-5-2-4-20(27-22)24-30-29-23-6-3-9-32(23)24/h2,4-5,12-13,18H,3,6-11,14-15H2,1H3,(H,27,28,33). The van der Waals surface area contributed by atoms with Crippen molar-refractivity contribution in [2.45, 2.75) is 44.9 Å². The van der Waals surface area contributed by atoms with E-state index < -0.39 is 0 Å². The van der Waals surface area contributed by atoms with Crippen LogP contribution in [0.25, 0.3) is 11.5 Å². The van der Waals surface area contributed by atoms with Crippen LogP contribution in [0.4, 0.5) is 10.6 Å². The maximum absolute atomic E-state index is 13.3. The van der Waals surface area contributed by atoms with Gasteiger partial charge in [-0.2, -0.15) is 0 Å². The second-order valence-electron chi connectivity index (χ2n) is 9.42. The van der Waals surface area contributed by atoms with Crippen molar-refractivity contribution in [2.24, 2.45) is 0 Å². The molecule has 0 saturated carbocycles. The average molecular weight is 505 g/mol. The number of hydrogen-bond acceptors (Lipinski definition) is 8. The van der Waals surface area contributed by atoms with Crippen LogP contribution < -0.4 is 10.1 Å². The number of carbonyl (C=O) groups excluding carboxylic acids is 2. The first-order valence-corrected chi connectivity index (χ1v) is 12.5. The van der Waals surface area contributed by atoms with Gasteiger partial charge in [-0.1, -0.05) is 6.07 Å². The molecule has 3 aliphatic heterocycles. The summed E-state index contributed by atoms with van der Waals surface area (Å²) in [6, 6.07) is 9.09. The van der Waals surface area contributed by atoms with Crippen molar-refractivity contribution >= 4 is 17.8 Å². The normalized spacial score (nSPS) is 18.3. The summed E-state index contributed by atoms with van der Waals surface area (Å²) in [5, 5.41) is 11.4. The van der Waals surface area contributed by atoms with E-state index in [9.17, 15) is 9.59 Å². The van der Waals surface area contributed by atoms with Crippen LogP contribution >= 0.6 is 0 Å². The van der Waals surface area contributed by atoms with E-state index >= 15 is 0 Å². The maximum atomic E-state index is 13.3. The number of methoxy groups -OCH3 is 1. The number of aryl methyl sites for hydroxylation is 1. The van der Waals surface area contributed by atoms with Gasteiger partial charge in [-0.05, 0) is 48.2 Å². The molecule has 2 aromatic heterocycles. The molecule has 1 unspecified atom stereocenters. The first-order chi connectivity index (χ1) is 18.1. The van der Waals surface area contributed by atoms with Crippen LogP contribution in [-0.4, -0.2) is 69.6 Å². The monoisotopic (exact) mass is 504 g/mol. The van der Waals surface area contributed by atoms with Gasteiger partial charge in [0, 0.05) is 32.5 Å². The van der Waals surface area contributed by atoms with Gasteiger partial charge >= 0.3 is 6.09 Å². The van der Waals surface area contributed by atoms with Crippen molar-refractivity contribution in [2.75, 3.05) is 32.2 Å². The zero-order valence-corrected chi connectivity index (χ0v) is 20.6. The van der Waals surface area contributed by atoms with Crippen LogP contribution in [0.5, 0.6) is 5.75 Å². The topological polar surface area (TPSA) is 121 Å². The highest BCUT2D eigenvalue weighted by molar-refractivity contribution is 6.06. The Kier molecular flexibility index (Phi) is 6.21. The number of pyridine rings is 1. The molecule has 1 atom stereocenters. The molecule has 1 N–H and O–H groups in total. The molecule has 3 aliphatic rings. The molecule has 1 saturated heterocycles. The Balaban J connectivity index is 1.20. The third-order valence-electron chi connectivity index (χ3n) is 7.02. The van der Waals surface area contributed by atoms with E-state index in [-0.39, 0.29) is 18.1 Å². The van der Waals surface area contributed by atoms with Crippen molar-refractivity contribution in [3.05, 3.63) is 52.8 Å². The molecule has 11 nitrogen and oxygen atoms in total. The Morgan fingerprint density at radius 1 is 1.14 bits per heavy atom. The lowest BCUT2D eigenvalue weighted by Crippen LogP contribution is -2.38. The second-order valence-corrected chi connectivity index (χ2v) is 9.42. The number of benzene rings is 1. The van der Waals surface area contributed by atoms with E-state index in [0.717, 1.165) is 36.3 Å². The quantitative estimate of drug-likeness (QED) is 0.563. The number of anilines is 1. The zero-order valence-electron chi connectivity index (χ0n) is 20.6. The molecule has 37 heavy (non-hydrogen) atoms. The van der Waals surface area contributed by atoms with Crippen LogP contribution in [0.15, 0.2) is 30.3 Å². The van der Waals surface area contributed by atoms with E-state index in [2.05, 4.69) is 25.1 Å². The molecule has 3 aromatic rings. The smallest absolute Gasteiger partial charge is 0.410 e. The van der Waals surface area contributed by atoms with Gasteiger partial charge in [0.05, 0.1) is 25.9 Å². The molecule has 11 heteroatoms. The van der Waals surface area contributed by atoms with Gasteiger partial charge < -0.3 is 29.0 Å². The van der Waals surface area contributed by atoms with Crippen molar-refractivity contribution in [3.8, 4) is 17.3 Å². The van der Waals surface area contributed by atoms with Gasteiger partial charge in [0.2, 0.25) is 0 Å². The van der Waals surface area contributed by atoms with Gasteiger partial charge in [-0.25, -0.2) is 9.78 Å². The summed E-state index contributed by atoms with van der Waals surface area (Å²) >= 11 is 0. The lowest BCUT2D eigenvalue weighted by molar-refractivity contribution is 0.0516. The van der Waals surface area contributed by atoms with Crippen LogP contribution in [0.1, 0.15) is 40.2 Å². The second kappa shape index (κ2) is 9.81. The van der Waals surface area contributed by atoms with Crippen molar-refractivity contribution < 1.29 is 23.8 Å². The Morgan fingerprint density at radius 3 is 2.89 bits per heavy atom. The molecule has 5 heterocycles. The Morgan fingerprint density at radius 2 is 2.05 bits per heavy atom. The predicted molar refractivity (Wildman–Crippen MR) is 132 cm³/mol. The summed E-state index contributed by atoms with van der Waals surface area (Å²) in [4.78, 5) is 32.3. The molecule has 2 amide bonds. The third kappa shape index (κ3) is 4.62. The van der Waals surface area contributed by atoms with Crippen molar-refractivity contribution in [1.29, 1.82) is 0 Å². The Labute approximate surface area is 213 Å². The summed E-state index contributed by atoms with van der Waals surface area (Å²) < 4.78 is 18.5. The molecular formula is C26H28N6O5. The predicted octanol–water partition coefficient (Wildman–Crippen LogP) is 2.83. The van der Waals surface area contributed by atoms with Crippen molar-refractivity contribution in [1.82, 2.24) is 24.6 Å². The highest BCUT2D eigenvalue weighted by Gasteiger charge is 2.28. The van der Waals surface area contributed by atoms with Crippen LogP contribution in [-0.2, 0) is 35.4 Å². The van der Waals surface area contributed by atoms with E-state index in [1.165, 1.54) is 0 Å². The molecule has 0 spiro atoms. The zero-order chi connectivity index (χ0) is 25.4. The summed E-state index contributed by atoms with van der Waals surface area (Å²) in [6.07, 6.45) is 2.75. The summed E-state index contributed by atoms with van der Waals surface area (Å²) in [5.74, 6) is 2.19. The minimum absolute atomic E-state index is 0.201. The molecule has 0 bridgehead atoms. The van der Waals surface area contributed by atoms with E-state index in [1.54, 1.807) is 24.1 Å². The number of fused-ring (bicyclic) bond motifs is 2. The molecule has 1 aromatic carbocycles. The summed E-state index contributed by atoms with van der Waals surface area (Å²) in [6.45, 7) is 2.81. The Bertz CT molecular complexity index is 1350. The Hall–Kier alpha value is -3.99. The molecule has 6 rings (SSSR count). The van der Waals surface area contributed by atoms with Gasteiger partial charge in [0.1, 0.15) is 29.2 Å². The number of carbonyl (C=O) groups is 2. The lowest BCUT2D eigenvalue weighted by atomic mass is 9.96. The van der Waals surface area contributed by atoms with E-state index in [0.29, 0.717) is 67.8 Å². The van der Waals surface area contributed by atoms with Crippen LogP contribution in [0.3, 0.4) is 0 Å². The van der Waals surface area contributed by atoms with Gasteiger partial charge in [0.15, 0.2) is 5.82 Å². The van der Waals surface area contributed by atoms with E-state index in [1.807, 2.05) is 18.2 Å². The van der Waals surface area contributed by atoms with Gasteiger partial charge in [0.25, 0.3) is 5.91 Å². The molecular weight excluding hydrogens is 476 g/mol. The van der Waals surface area contributed by atoms with E-state index in [4.69, 9.17) is 14.2 Å². The number of ether oxygens (including phenoxy) is 3. The lowest BCUT2D eigenvalue weighted by Gasteiger charge is -2.29. The molecule has 0 radical (unpaired) electrons. The minimum atomic E-state index is -0.357. The number of nitrogens with one attached hydrogen (secondary N) is 1. The number of aromatic nitrogens is 4. The fourth-order valence-corrected chi connectivity index (χ4v) is 5.06. The number of nitrogens with zero attached hydrogens (tertiary/aromatic N) is 5. The average Bonchev–Trinajstić information content (AvgIpc) is 3.67. The largest absolute Gasteiger partial charge is 0.496 e. The fraction of sp³-hybridized carbons (Fsp3) is 0.423. The fourth-order valence-electron chi connectivity index (χ4n) is 5.06. The minimum Gasteiger partial charge on any atom is -0.496 e. The summed E-state index contributed by atoms with van der Waals surface area (Å²) in [7, 11) is 1.54. The molecule has 1 fully saturated rings. The highest BCUT2D eigenvalue weighted by atomic mass is 16.6. The van der Waals surface area contributed by atoms with Gasteiger partial charge in [-0.3, -0.25) is 4.79 Å². The highest BCUT2D eigenvalue weighted by Crippen LogP contribution is 2.30. The first-order valence-electron chi connectivity index (χ1n) is 12.5. The van der Waals surface area contributed by atoms with Crippen LogP contribution in [0.2, 0.25) is 0 Å². The summed E-state index contributed by atoms with van der Waals surface area (Å²) in [5.41, 5.74) is 2.95. The SMILES string of the molecule is COc1cc2c(cc1C(=O)Nc1cccc(-c3nnc4n3CCC4)n1)CN(C(=O)OC1CCOC1)CC2. The molecule has 192 valence electrons.